The first-order chi connectivity index (χ1) is 8.13. The molecule has 0 fully saturated rings. The summed E-state index contributed by atoms with van der Waals surface area (Å²) < 4.78 is 2.10. The molecule has 0 radical (unpaired) electrons. The molecule has 3 nitrogen and oxygen atoms in total. The van der Waals surface area contributed by atoms with Crippen LogP contribution in [-0.4, -0.2) is 14.7 Å². The smallest absolute Gasteiger partial charge is 0.136 e. The van der Waals surface area contributed by atoms with E-state index in [-0.39, 0.29) is 0 Å². The molecule has 0 bridgehead atoms. The number of nitrogens with zero attached hydrogens (tertiary/aromatic N) is 2. The lowest BCUT2D eigenvalue weighted by Gasteiger charge is -2.11. The SMILES string of the molecule is CCC(O)c1ccc(-n2c(C)ccc2C)nc1. The van der Waals surface area contributed by atoms with Crippen LogP contribution < -0.4 is 0 Å². The summed E-state index contributed by atoms with van der Waals surface area (Å²) in [5.74, 6) is 0.900. The summed E-state index contributed by atoms with van der Waals surface area (Å²) in [5, 5.41) is 9.71. The highest BCUT2D eigenvalue weighted by Gasteiger charge is 2.08. The summed E-state index contributed by atoms with van der Waals surface area (Å²) in [4.78, 5) is 4.41. The third kappa shape index (κ3) is 2.24. The molecule has 90 valence electrons. The van der Waals surface area contributed by atoms with Gasteiger partial charge in [0.25, 0.3) is 0 Å². The molecule has 17 heavy (non-hydrogen) atoms. The molecule has 2 aromatic heterocycles. The lowest BCUT2D eigenvalue weighted by molar-refractivity contribution is 0.173. The first-order valence-corrected chi connectivity index (χ1v) is 5.92. The Kier molecular flexibility index (Phi) is 3.29. The average molecular weight is 230 g/mol. The Bertz CT molecular complexity index is 480. The maximum absolute atomic E-state index is 9.71. The third-order valence-electron chi connectivity index (χ3n) is 3.04. The van der Waals surface area contributed by atoms with Crippen molar-refractivity contribution < 1.29 is 5.11 Å². The summed E-state index contributed by atoms with van der Waals surface area (Å²) in [7, 11) is 0. The van der Waals surface area contributed by atoms with Crippen molar-refractivity contribution in [1.29, 1.82) is 0 Å². The summed E-state index contributed by atoms with van der Waals surface area (Å²) in [6.45, 7) is 6.08. The van der Waals surface area contributed by atoms with Crippen LogP contribution in [0.15, 0.2) is 30.5 Å². The van der Waals surface area contributed by atoms with Crippen LogP contribution >= 0.6 is 0 Å². The predicted molar refractivity (Wildman–Crippen MR) is 68.3 cm³/mol. The minimum atomic E-state index is -0.414. The van der Waals surface area contributed by atoms with Crippen LogP contribution in [0.5, 0.6) is 0 Å². The summed E-state index contributed by atoms with van der Waals surface area (Å²) in [5.41, 5.74) is 3.20. The van der Waals surface area contributed by atoms with Crippen LogP contribution in [0.2, 0.25) is 0 Å². The van der Waals surface area contributed by atoms with E-state index in [1.807, 2.05) is 19.1 Å². The topological polar surface area (TPSA) is 38.0 Å². The Balaban J connectivity index is 2.36. The van der Waals surface area contributed by atoms with E-state index in [0.29, 0.717) is 6.42 Å². The van der Waals surface area contributed by atoms with E-state index >= 15 is 0 Å². The Morgan fingerprint density at radius 1 is 1.18 bits per heavy atom. The molecule has 3 heteroatoms. The molecule has 0 aliphatic carbocycles. The quantitative estimate of drug-likeness (QED) is 0.880. The van der Waals surface area contributed by atoms with Gasteiger partial charge in [-0.2, -0.15) is 0 Å². The zero-order valence-corrected chi connectivity index (χ0v) is 10.5. The number of hydrogen-bond acceptors (Lipinski definition) is 2. The van der Waals surface area contributed by atoms with Gasteiger partial charge < -0.3 is 9.67 Å². The molecule has 0 spiro atoms. The lowest BCUT2D eigenvalue weighted by atomic mass is 10.1. The molecule has 2 rings (SSSR count). The molecule has 2 heterocycles. The van der Waals surface area contributed by atoms with Gasteiger partial charge in [-0.25, -0.2) is 4.98 Å². The molecule has 1 atom stereocenters. The molecule has 0 aliphatic heterocycles. The van der Waals surface area contributed by atoms with Gasteiger partial charge in [0.05, 0.1) is 6.10 Å². The molecular formula is C14H18N2O. The van der Waals surface area contributed by atoms with Crippen LogP contribution in [-0.2, 0) is 0 Å². The van der Waals surface area contributed by atoms with Gasteiger partial charge in [0.15, 0.2) is 0 Å². The van der Waals surface area contributed by atoms with Crippen molar-refractivity contribution in [2.75, 3.05) is 0 Å². The highest BCUT2D eigenvalue weighted by Crippen LogP contribution is 2.18. The summed E-state index contributed by atoms with van der Waals surface area (Å²) in [6, 6.07) is 8.04. The van der Waals surface area contributed by atoms with E-state index in [1.165, 1.54) is 11.4 Å². The molecule has 0 amide bonds. The van der Waals surface area contributed by atoms with Gasteiger partial charge in [0, 0.05) is 17.6 Å². The van der Waals surface area contributed by atoms with Crippen LogP contribution in [0, 0.1) is 13.8 Å². The second kappa shape index (κ2) is 4.72. The Morgan fingerprint density at radius 3 is 2.29 bits per heavy atom. The fraction of sp³-hybridized carbons (Fsp3) is 0.357. The van der Waals surface area contributed by atoms with Crippen molar-refractivity contribution >= 4 is 0 Å². The van der Waals surface area contributed by atoms with Crippen molar-refractivity contribution in [3.05, 3.63) is 47.4 Å². The maximum Gasteiger partial charge on any atom is 0.136 e. The number of aliphatic hydroxyl groups excluding tert-OH is 1. The average Bonchev–Trinajstić information content (AvgIpc) is 2.68. The number of aromatic nitrogens is 2. The normalized spacial score (nSPS) is 12.7. The molecular weight excluding hydrogens is 212 g/mol. The minimum absolute atomic E-state index is 0.414. The first kappa shape index (κ1) is 11.9. The van der Waals surface area contributed by atoms with Crippen molar-refractivity contribution in [3.63, 3.8) is 0 Å². The Labute approximate surface area is 102 Å². The van der Waals surface area contributed by atoms with Gasteiger partial charge >= 0.3 is 0 Å². The fourth-order valence-electron chi connectivity index (χ4n) is 1.99. The largest absolute Gasteiger partial charge is 0.388 e. The van der Waals surface area contributed by atoms with E-state index in [1.54, 1.807) is 6.20 Å². The zero-order valence-electron chi connectivity index (χ0n) is 10.5. The predicted octanol–water partition coefficient (Wildman–Crippen LogP) is 2.93. The molecule has 1 unspecified atom stereocenters. The van der Waals surface area contributed by atoms with Crippen LogP contribution in [0.25, 0.3) is 5.82 Å². The van der Waals surface area contributed by atoms with Gasteiger partial charge in [-0.3, -0.25) is 0 Å². The van der Waals surface area contributed by atoms with Crippen LogP contribution in [0.3, 0.4) is 0 Å². The Hall–Kier alpha value is -1.61. The highest BCUT2D eigenvalue weighted by atomic mass is 16.3. The van der Waals surface area contributed by atoms with Crippen molar-refractivity contribution in [3.8, 4) is 5.82 Å². The third-order valence-corrected chi connectivity index (χ3v) is 3.04. The highest BCUT2D eigenvalue weighted by molar-refractivity contribution is 5.33. The van der Waals surface area contributed by atoms with Gasteiger partial charge in [0.1, 0.15) is 5.82 Å². The first-order valence-electron chi connectivity index (χ1n) is 5.92. The molecule has 0 aromatic carbocycles. The number of aliphatic hydroxyl groups is 1. The molecule has 1 N–H and O–H groups in total. The van der Waals surface area contributed by atoms with E-state index in [0.717, 1.165) is 11.4 Å². The van der Waals surface area contributed by atoms with Gasteiger partial charge in [-0.05, 0) is 44.0 Å². The van der Waals surface area contributed by atoms with Crippen molar-refractivity contribution in [1.82, 2.24) is 9.55 Å². The van der Waals surface area contributed by atoms with Crippen molar-refractivity contribution in [2.24, 2.45) is 0 Å². The van der Waals surface area contributed by atoms with Gasteiger partial charge in [-0.15, -0.1) is 0 Å². The lowest BCUT2D eigenvalue weighted by Crippen LogP contribution is -2.03. The minimum Gasteiger partial charge on any atom is -0.388 e. The van der Waals surface area contributed by atoms with E-state index in [9.17, 15) is 5.11 Å². The number of rotatable bonds is 3. The molecule has 2 aromatic rings. The molecule has 0 saturated carbocycles. The van der Waals surface area contributed by atoms with Crippen molar-refractivity contribution in [2.45, 2.75) is 33.3 Å². The standard InChI is InChI=1S/C14H18N2O/c1-4-13(17)12-7-8-14(15-9-12)16-10(2)5-6-11(16)3/h5-9,13,17H,4H2,1-3H3. The summed E-state index contributed by atoms with van der Waals surface area (Å²) >= 11 is 0. The second-order valence-electron chi connectivity index (χ2n) is 4.33. The molecule has 0 aliphatic rings. The maximum atomic E-state index is 9.71. The van der Waals surface area contributed by atoms with E-state index < -0.39 is 6.10 Å². The Morgan fingerprint density at radius 2 is 1.82 bits per heavy atom. The monoisotopic (exact) mass is 230 g/mol. The van der Waals surface area contributed by atoms with Crippen LogP contribution in [0.1, 0.15) is 36.4 Å². The fourth-order valence-corrected chi connectivity index (χ4v) is 1.99. The zero-order chi connectivity index (χ0) is 12.4. The summed E-state index contributed by atoms with van der Waals surface area (Å²) in [6.07, 6.45) is 2.05. The van der Waals surface area contributed by atoms with Crippen LogP contribution in [0.4, 0.5) is 0 Å². The number of hydrogen-bond donors (Lipinski definition) is 1. The van der Waals surface area contributed by atoms with E-state index in [4.69, 9.17) is 0 Å². The van der Waals surface area contributed by atoms with E-state index in [2.05, 4.69) is 35.5 Å². The van der Waals surface area contributed by atoms with Gasteiger partial charge in [0.2, 0.25) is 0 Å². The molecule has 0 saturated heterocycles. The second-order valence-corrected chi connectivity index (χ2v) is 4.33. The number of aryl methyl sites for hydroxylation is 2. The van der Waals surface area contributed by atoms with Gasteiger partial charge in [-0.1, -0.05) is 13.0 Å². The number of pyridine rings is 1.